The smallest absolute Gasteiger partial charge is 0.524 e. The summed E-state index contributed by atoms with van der Waals surface area (Å²) in [6.45, 7) is 7.35. The Balaban J connectivity index is 0.000000219. The van der Waals surface area contributed by atoms with Crippen molar-refractivity contribution in [3.63, 3.8) is 0 Å². The molecule has 10 aromatic rings. The molecule has 0 fully saturated rings. The molecule has 0 radical (unpaired) electrons. The predicted octanol–water partition coefficient (Wildman–Crippen LogP) is 11.9. The first-order valence-electron chi connectivity index (χ1n) is 25.8. The average Bonchev–Trinajstić information content (AvgIpc) is 1.75. The molecule has 87 heavy (non-hydrogen) atoms. The highest BCUT2D eigenvalue weighted by atomic mass is 32.2. The van der Waals surface area contributed by atoms with Gasteiger partial charge < -0.3 is 33.1 Å². The SMILES string of the molecule is C.Cc1cc(C(=O)OCc2ccccc2)cc(C)c1OC(=O)c1c2ccccc2[n+](C)c2ccc(O)cc12.Cc1cc(C(=O)OCc2ccccc2)cc(C)c1OC(=O)c1c2ccccc2[n+](C)c2ccc(OP(=O)(O)O)cc12.O=S(=O)([O-])C(F)(F)F. The van der Waals surface area contributed by atoms with Crippen molar-refractivity contribution >= 4 is 85.4 Å². The number of carbonyl (C=O) groups excluding carboxylic acids is 4. The van der Waals surface area contributed by atoms with Crippen molar-refractivity contribution in [3.8, 4) is 23.0 Å². The van der Waals surface area contributed by atoms with Gasteiger partial charge in [-0.2, -0.15) is 22.3 Å². The first-order valence-corrected chi connectivity index (χ1v) is 28.8. The summed E-state index contributed by atoms with van der Waals surface area (Å²) in [7, 11) is -7.18. The maximum atomic E-state index is 13.8. The van der Waals surface area contributed by atoms with Crippen LogP contribution < -0.4 is 23.1 Å². The number of benzene rings is 8. The second kappa shape index (κ2) is 26.8. The van der Waals surface area contributed by atoms with Gasteiger partial charge >= 0.3 is 37.2 Å². The third kappa shape index (κ3) is 15.3. The summed E-state index contributed by atoms with van der Waals surface area (Å²) in [4.78, 5) is 71.5. The van der Waals surface area contributed by atoms with Crippen LogP contribution in [0.1, 0.15) is 82.2 Å². The highest BCUT2D eigenvalue weighted by Crippen LogP contribution is 2.40. The lowest BCUT2D eigenvalue weighted by Gasteiger charge is -2.15. The van der Waals surface area contributed by atoms with E-state index in [1.807, 2.05) is 120 Å². The minimum Gasteiger partial charge on any atom is -0.741 e. The predicted molar refractivity (Wildman–Crippen MR) is 315 cm³/mol. The molecule has 2 aromatic heterocycles. The second-order valence-electron chi connectivity index (χ2n) is 19.5. The van der Waals surface area contributed by atoms with Gasteiger partial charge in [0.25, 0.3) is 0 Å². The van der Waals surface area contributed by atoms with Crippen LogP contribution in [0.2, 0.25) is 0 Å². The summed E-state index contributed by atoms with van der Waals surface area (Å²) in [5, 5.41) is 12.4. The number of hydrogen-bond acceptors (Lipinski definition) is 14. The molecule has 0 bridgehead atoms. The number of aryl methyl sites for hydroxylation is 6. The Morgan fingerprint density at radius 3 is 1.24 bits per heavy atom. The number of fused-ring (bicyclic) bond motifs is 4. The normalized spacial score (nSPS) is 11.4. The van der Waals surface area contributed by atoms with Crippen LogP contribution in [0, 0.1) is 27.7 Å². The van der Waals surface area contributed by atoms with Gasteiger partial charge in [0, 0.05) is 24.3 Å². The van der Waals surface area contributed by atoms with Gasteiger partial charge in [0.2, 0.25) is 22.1 Å². The molecule has 0 aliphatic rings. The Morgan fingerprint density at radius 2 is 0.862 bits per heavy atom. The van der Waals surface area contributed by atoms with Crippen LogP contribution >= 0.6 is 7.82 Å². The molecule has 10 rings (SSSR count). The largest absolute Gasteiger partial charge is 0.741 e. The van der Waals surface area contributed by atoms with Crippen molar-refractivity contribution in [3.05, 3.63) is 225 Å². The number of esters is 4. The molecule has 3 N–H and O–H groups in total. The van der Waals surface area contributed by atoms with Crippen LogP contribution in [-0.2, 0) is 51.5 Å². The molecule has 23 heteroatoms. The first kappa shape index (κ1) is 65.0. The molecule has 18 nitrogen and oxygen atoms in total. The zero-order chi connectivity index (χ0) is 62.4. The van der Waals surface area contributed by atoms with Crippen LogP contribution in [-0.4, -0.2) is 57.2 Å². The molecule has 0 aliphatic carbocycles. The monoisotopic (exact) mass is 1230 g/mol. The van der Waals surface area contributed by atoms with Crippen molar-refractivity contribution in [2.75, 3.05) is 0 Å². The Hall–Kier alpha value is -9.57. The number of para-hydroxylation sites is 2. The fourth-order valence-electron chi connectivity index (χ4n) is 9.52. The average molecular weight is 1230 g/mol. The Labute approximate surface area is 497 Å². The van der Waals surface area contributed by atoms with E-state index < -0.39 is 47.3 Å². The molecular formula is C64H57F3N2O16PS+. The summed E-state index contributed by atoms with van der Waals surface area (Å²) >= 11 is 0. The van der Waals surface area contributed by atoms with Crippen LogP contribution in [0.4, 0.5) is 13.2 Å². The van der Waals surface area contributed by atoms with Crippen LogP contribution in [0.25, 0.3) is 43.6 Å². The van der Waals surface area contributed by atoms with Crippen LogP contribution in [0.15, 0.2) is 170 Å². The van der Waals surface area contributed by atoms with Gasteiger partial charge in [0.05, 0.1) is 43.8 Å². The zero-order valence-electron chi connectivity index (χ0n) is 46.6. The molecular weight excluding hydrogens is 1170 g/mol. The molecule has 450 valence electrons. The number of phosphoric acid groups is 1. The van der Waals surface area contributed by atoms with Gasteiger partial charge in [-0.1, -0.05) is 92.4 Å². The van der Waals surface area contributed by atoms with Gasteiger partial charge in [0.15, 0.2) is 10.1 Å². The van der Waals surface area contributed by atoms with E-state index in [9.17, 15) is 51.8 Å². The topological polar surface area (TPSA) is 257 Å². The van der Waals surface area contributed by atoms with E-state index in [0.717, 1.165) is 27.7 Å². The van der Waals surface area contributed by atoms with E-state index >= 15 is 0 Å². The molecule has 2 heterocycles. The highest BCUT2D eigenvalue weighted by Gasteiger charge is 2.37. The van der Waals surface area contributed by atoms with Crippen LogP contribution in [0.5, 0.6) is 23.0 Å². The third-order valence-corrected chi connectivity index (χ3v) is 14.4. The number of carbonyl (C=O) groups is 4. The van der Waals surface area contributed by atoms with E-state index in [1.165, 1.54) is 12.1 Å². The number of alkyl halides is 3. The number of hydrogen-bond donors (Lipinski definition) is 3. The summed E-state index contributed by atoms with van der Waals surface area (Å²) < 4.78 is 102. The lowest BCUT2D eigenvalue weighted by Crippen LogP contribution is -2.31. The molecule has 0 unspecified atom stereocenters. The minimum absolute atomic E-state index is 0. The molecule has 0 aliphatic heterocycles. The third-order valence-electron chi connectivity index (χ3n) is 13.4. The first-order chi connectivity index (χ1) is 40.6. The second-order valence-corrected chi connectivity index (χ2v) is 22.1. The van der Waals surface area contributed by atoms with Crippen LogP contribution in [0.3, 0.4) is 0 Å². The molecule has 0 saturated heterocycles. The van der Waals surface area contributed by atoms with Gasteiger partial charge in [-0.25, -0.2) is 32.2 Å². The molecule has 0 amide bonds. The molecule has 0 atom stereocenters. The maximum Gasteiger partial charge on any atom is 0.524 e. The fraction of sp³-hybridized carbons (Fsp3) is 0.156. The van der Waals surface area contributed by atoms with E-state index in [4.69, 9.17) is 36.4 Å². The number of ether oxygens (including phenoxy) is 4. The van der Waals surface area contributed by atoms with Crippen molar-refractivity contribution in [2.24, 2.45) is 14.1 Å². The van der Waals surface area contributed by atoms with Crippen molar-refractivity contribution < 1.29 is 97.4 Å². The van der Waals surface area contributed by atoms with E-state index in [1.54, 1.807) is 88.4 Å². The standard InChI is InChI=1S/C31H26NO8P.C31H25NO5.CHF3O3S.CH4/c1-19-15-22(30(33)38-18-21-9-5-4-6-10-21)16-20(2)29(19)39-31(34)28-24-11-7-8-12-26(24)32(3)27-14-13-23(17-25(27)28)40-41(35,36)37;1-19-15-22(30(34)36-18-21-9-5-4-6-10-21)16-20(2)29(19)37-31(35)28-24-11-7-8-12-26(24)32(3)27-14-13-23(33)17-25(27)28;2-1(3,4)8(5,6)7;/h4-17H,18H2,1-3H3,(H-,35,36,37);4-17H,18H2,1-3H3;(H,5,6,7);1H4/p+1. The summed E-state index contributed by atoms with van der Waals surface area (Å²) in [5.41, 5.74) is 2.82. The van der Waals surface area contributed by atoms with E-state index in [2.05, 4.69) is 0 Å². The van der Waals surface area contributed by atoms with Gasteiger partial charge in [-0.3, -0.25) is 9.79 Å². The molecule has 0 saturated carbocycles. The zero-order valence-corrected chi connectivity index (χ0v) is 48.3. The van der Waals surface area contributed by atoms with Gasteiger partial charge in [-0.05, 0) is 122 Å². The minimum atomic E-state index is -6.09. The number of pyridine rings is 2. The summed E-state index contributed by atoms with van der Waals surface area (Å²) in [5.74, 6) is -1.52. The number of aromatic nitrogens is 2. The van der Waals surface area contributed by atoms with E-state index in [-0.39, 0.29) is 37.7 Å². The maximum absolute atomic E-state index is 13.8. The van der Waals surface area contributed by atoms with Crippen molar-refractivity contribution in [2.45, 2.75) is 53.8 Å². The Kier molecular flexibility index (Phi) is 20.0. The van der Waals surface area contributed by atoms with E-state index in [0.29, 0.717) is 77.5 Å². The molecule has 8 aromatic carbocycles. The van der Waals surface area contributed by atoms with Gasteiger partial charge in [-0.15, -0.1) is 0 Å². The number of rotatable bonds is 12. The Bertz CT molecular complexity index is 4420. The quantitative estimate of drug-likeness (QED) is 0.0195. The molecule has 0 spiro atoms. The number of phenols is 1. The number of halogens is 3. The lowest BCUT2D eigenvalue weighted by molar-refractivity contribution is -0.617. The Morgan fingerprint density at radius 1 is 0.517 bits per heavy atom. The fourth-order valence-corrected chi connectivity index (χ4v) is 9.91. The number of aromatic hydroxyl groups is 1. The van der Waals surface area contributed by atoms with Crippen molar-refractivity contribution in [1.82, 2.24) is 0 Å². The summed E-state index contributed by atoms with van der Waals surface area (Å²) in [6.07, 6.45) is 0. The van der Waals surface area contributed by atoms with Crippen molar-refractivity contribution in [1.29, 1.82) is 0 Å². The lowest BCUT2D eigenvalue weighted by atomic mass is 10.0. The number of phenolic OH excluding ortho intramolecular Hbond substituents is 1. The number of phosphoric ester groups is 1. The van der Waals surface area contributed by atoms with Gasteiger partial charge in [0.1, 0.15) is 50.3 Å². The number of nitrogens with zero attached hydrogens (tertiary/aromatic N) is 2. The highest BCUT2D eigenvalue weighted by molar-refractivity contribution is 7.86. The summed E-state index contributed by atoms with van der Waals surface area (Å²) in [6, 6.07) is 49.6.